The lowest BCUT2D eigenvalue weighted by Crippen LogP contribution is -2.06. The number of nitro benzene ring substituents is 1. The number of nitrogens with one attached hydrogen (secondary N) is 1. The molecular weight excluding hydrogens is 230 g/mol. The van der Waals surface area contributed by atoms with Gasteiger partial charge in [0.1, 0.15) is 0 Å². The van der Waals surface area contributed by atoms with Gasteiger partial charge < -0.3 is 5.73 Å². The van der Waals surface area contributed by atoms with Gasteiger partial charge in [0.2, 0.25) is 0 Å². The van der Waals surface area contributed by atoms with Crippen molar-refractivity contribution >= 4 is 17.1 Å². The minimum absolute atomic E-state index is 0.0696. The molecule has 5 nitrogen and oxygen atoms in total. The topological polar surface area (TPSA) is 93.0 Å². The summed E-state index contributed by atoms with van der Waals surface area (Å²) in [5, 5.41) is 18.8. The summed E-state index contributed by atoms with van der Waals surface area (Å²) in [6.45, 7) is 0. The first-order valence-corrected chi connectivity index (χ1v) is 5.28. The summed E-state index contributed by atoms with van der Waals surface area (Å²) >= 11 is 0. The van der Waals surface area contributed by atoms with Crippen LogP contribution in [-0.2, 0) is 0 Å². The lowest BCUT2D eigenvalue weighted by molar-refractivity contribution is -0.384. The van der Waals surface area contributed by atoms with Crippen LogP contribution < -0.4 is 5.73 Å². The van der Waals surface area contributed by atoms with Gasteiger partial charge in [0.15, 0.2) is 0 Å². The van der Waals surface area contributed by atoms with Crippen LogP contribution >= 0.6 is 0 Å². The molecule has 0 heterocycles. The summed E-state index contributed by atoms with van der Waals surface area (Å²) in [5.41, 5.74) is 7.27. The van der Waals surface area contributed by atoms with Crippen molar-refractivity contribution in [3.05, 3.63) is 69.8 Å². The number of nitrogen functional groups attached to an aromatic ring is 1. The number of hydrogen-bond acceptors (Lipinski definition) is 4. The van der Waals surface area contributed by atoms with E-state index in [0.29, 0.717) is 16.8 Å². The van der Waals surface area contributed by atoms with E-state index in [1.807, 2.05) is 6.07 Å². The zero-order valence-corrected chi connectivity index (χ0v) is 9.46. The van der Waals surface area contributed by atoms with E-state index in [2.05, 4.69) is 0 Å². The van der Waals surface area contributed by atoms with Crippen LogP contribution in [0.2, 0.25) is 0 Å². The zero-order valence-electron chi connectivity index (χ0n) is 9.46. The number of nitrogens with zero attached hydrogens (tertiary/aromatic N) is 1. The molecule has 0 aromatic heterocycles. The van der Waals surface area contributed by atoms with E-state index in [9.17, 15) is 10.1 Å². The van der Waals surface area contributed by atoms with E-state index >= 15 is 0 Å². The molecule has 0 amide bonds. The molecule has 0 fully saturated rings. The average Bonchev–Trinajstić information content (AvgIpc) is 2.39. The third-order valence-corrected chi connectivity index (χ3v) is 2.58. The zero-order chi connectivity index (χ0) is 13.1. The molecule has 90 valence electrons. The van der Waals surface area contributed by atoms with E-state index in [1.165, 1.54) is 18.2 Å². The second-order valence-electron chi connectivity index (χ2n) is 3.77. The number of hydrogen-bond donors (Lipinski definition) is 2. The van der Waals surface area contributed by atoms with E-state index in [0.717, 1.165) is 0 Å². The Balaban J connectivity index is 2.48. The van der Waals surface area contributed by atoms with Crippen LogP contribution in [0.25, 0.3) is 0 Å². The number of anilines is 1. The predicted octanol–water partition coefficient (Wildman–Crippen LogP) is 2.59. The van der Waals surface area contributed by atoms with Crippen LogP contribution in [0.15, 0.2) is 48.5 Å². The molecule has 0 saturated carbocycles. The highest BCUT2D eigenvalue weighted by atomic mass is 16.6. The van der Waals surface area contributed by atoms with Gasteiger partial charge in [-0.05, 0) is 6.07 Å². The molecule has 0 aliphatic heterocycles. The molecule has 0 aliphatic rings. The largest absolute Gasteiger partial charge is 0.398 e. The third-order valence-electron chi connectivity index (χ3n) is 2.58. The summed E-state index contributed by atoms with van der Waals surface area (Å²) in [7, 11) is 0. The van der Waals surface area contributed by atoms with Crippen LogP contribution in [0.5, 0.6) is 0 Å². The Morgan fingerprint density at radius 1 is 1.17 bits per heavy atom. The Bertz CT molecular complexity index is 609. The second-order valence-corrected chi connectivity index (χ2v) is 3.77. The van der Waals surface area contributed by atoms with Crippen molar-refractivity contribution in [3.63, 3.8) is 0 Å². The SMILES string of the molecule is N=C(c1ccccc1)c1cc([N+](=O)[O-])ccc1N. The van der Waals surface area contributed by atoms with Crippen LogP contribution in [0.3, 0.4) is 0 Å². The Morgan fingerprint density at radius 3 is 2.44 bits per heavy atom. The molecule has 2 aromatic carbocycles. The van der Waals surface area contributed by atoms with Gasteiger partial charge in [-0.3, -0.25) is 15.5 Å². The predicted molar refractivity (Wildman–Crippen MR) is 69.9 cm³/mol. The first-order valence-electron chi connectivity index (χ1n) is 5.28. The molecule has 2 aromatic rings. The lowest BCUT2D eigenvalue weighted by Gasteiger charge is -2.07. The van der Waals surface area contributed by atoms with Gasteiger partial charge in [-0.1, -0.05) is 30.3 Å². The van der Waals surface area contributed by atoms with Gasteiger partial charge in [-0.15, -0.1) is 0 Å². The molecular formula is C13H11N3O2. The van der Waals surface area contributed by atoms with Crippen molar-refractivity contribution in [1.29, 1.82) is 5.41 Å². The smallest absolute Gasteiger partial charge is 0.270 e. The maximum atomic E-state index is 10.7. The highest BCUT2D eigenvalue weighted by molar-refractivity contribution is 6.14. The number of nitrogens with two attached hydrogens (primary N) is 1. The van der Waals surface area contributed by atoms with Crippen molar-refractivity contribution in [2.45, 2.75) is 0 Å². The number of rotatable bonds is 3. The molecule has 0 spiro atoms. The van der Waals surface area contributed by atoms with E-state index in [1.54, 1.807) is 24.3 Å². The Morgan fingerprint density at radius 2 is 1.83 bits per heavy atom. The van der Waals surface area contributed by atoms with Gasteiger partial charge in [0, 0.05) is 28.9 Å². The van der Waals surface area contributed by atoms with E-state index < -0.39 is 4.92 Å². The van der Waals surface area contributed by atoms with Crippen LogP contribution in [0.1, 0.15) is 11.1 Å². The molecule has 0 bridgehead atoms. The molecule has 0 atom stereocenters. The molecule has 0 aliphatic carbocycles. The molecule has 5 heteroatoms. The van der Waals surface area contributed by atoms with Crippen molar-refractivity contribution < 1.29 is 4.92 Å². The Labute approximate surface area is 104 Å². The summed E-state index contributed by atoms with van der Waals surface area (Å²) in [4.78, 5) is 10.2. The fourth-order valence-electron chi connectivity index (χ4n) is 1.63. The van der Waals surface area contributed by atoms with Gasteiger partial charge in [0.25, 0.3) is 5.69 Å². The normalized spacial score (nSPS) is 10.0. The molecule has 0 unspecified atom stereocenters. The van der Waals surface area contributed by atoms with Crippen molar-refractivity contribution in [2.24, 2.45) is 0 Å². The quantitative estimate of drug-likeness (QED) is 0.374. The monoisotopic (exact) mass is 241 g/mol. The number of non-ortho nitro benzene ring substituents is 1. The van der Waals surface area contributed by atoms with E-state index in [-0.39, 0.29) is 11.4 Å². The number of nitro groups is 1. The number of benzene rings is 2. The molecule has 0 radical (unpaired) electrons. The Kier molecular flexibility index (Phi) is 3.05. The summed E-state index contributed by atoms with van der Waals surface area (Å²) < 4.78 is 0. The maximum absolute atomic E-state index is 10.7. The first-order chi connectivity index (χ1) is 8.59. The summed E-state index contributed by atoms with van der Waals surface area (Å²) in [6, 6.07) is 13.1. The van der Waals surface area contributed by atoms with Gasteiger partial charge >= 0.3 is 0 Å². The van der Waals surface area contributed by atoms with Crippen molar-refractivity contribution in [2.75, 3.05) is 5.73 Å². The molecule has 3 N–H and O–H groups in total. The van der Waals surface area contributed by atoms with E-state index in [4.69, 9.17) is 11.1 Å². The van der Waals surface area contributed by atoms with Gasteiger partial charge in [-0.2, -0.15) is 0 Å². The summed E-state index contributed by atoms with van der Waals surface area (Å²) in [6.07, 6.45) is 0. The van der Waals surface area contributed by atoms with Gasteiger partial charge in [0.05, 0.1) is 10.6 Å². The fraction of sp³-hybridized carbons (Fsp3) is 0. The van der Waals surface area contributed by atoms with Crippen LogP contribution in [0, 0.1) is 15.5 Å². The molecule has 0 saturated heterocycles. The van der Waals surface area contributed by atoms with Crippen molar-refractivity contribution in [1.82, 2.24) is 0 Å². The standard InChI is InChI=1S/C13H11N3O2/c14-12-7-6-10(16(17)18)8-11(12)13(15)9-4-2-1-3-5-9/h1-8,15H,14H2. The first kappa shape index (κ1) is 11.8. The minimum atomic E-state index is -0.499. The Hall–Kier alpha value is -2.69. The van der Waals surface area contributed by atoms with Crippen LogP contribution in [-0.4, -0.2) is 10.6 Å². The molecule has 2 rings (SSSR count). The summed E-state index contributed by atoms with van der Waals surface area (Å²) in [5.74, 6) is 0. The lowest BCUT2D eigenvalue weighted by atomic mass is 10.0. The highest BCUT2D eigenvalue weighted by Crippen LogP contribution is 2.22. The fourth-order valence-corrected chi connectivity index (χ4v) is 1.63. The molecule has 18 heavy (non-hydrogen) atoms. The highest BCUT2D eigenvalue weighted by Gasteiger charge is 2.13. The minimum Gasteiger partial charge on any atom is -0.398 e. The average molecular weight is 241 g/mol. The maximum Gasteiger partial charge on any atom is 0.270 e. The van der Waals surface area contributed by atoms with Gasteiger partial charge in [-0.25, -0.2) is 0 Å². The van der Waals surface area contributed by atoms with Crippen LogP contribution in [0.4, 0.5) is 11.4 Å². The van der Waals surface area contributed by atoms with Crippen molar-refractivity contribution in [3.8, 4) is 0 Å². The second kappa shape index (κ2) is 4.67. The third kappa shape index (κ3) is 2.20.